The molecule has 0 N–H and O–H groups in total. The van der Waals surface area contributed by atoms with Gasteiger partial charge in [-0.25, -0.2) is 17.6 Å². The van der Waals surface area contributed by atoms with Gasteiger partial charge in [0.05, 0.1) is 0 Å². The molecule has 3 rings (SSSR count). The molecular formula is C18H9BF4. The summed E-state index contributed by atoms with van der Waals surface area (Å²) in [6.07, 6.45) is 0. The average Bonchev–Trinajstić information content (AvgIpc) is 2.53. The van der Waals surface area contributed by atoms with Crippen LogP contribution in [0.4, 0.5) is 17.6 Å². The van der Waals surface area contributed by atoms with Crippen LogP contribution in [0.3, 0.4) is 0 Å². The predicted molar refractivity (Wildman–Crippen MR) is 82.5 cm³/mol. The van der Waals surface area contributed by atoms with Crippen LogP contribution in [0.15, 0.2) is 54.6 Å². The fourth-order valence-corrected chi connectivity index (χ4v) is 2.32. The highest BCUT2D eigenvalue weighted by atomic mass is 19.2. The quantitative estimate of drug-likeness (QED) is 0.374. The molecule has 0 heterocycles. The Morgan fingerprint density at radius 2 is 1.09 bits per heavy atom. The first-order valence-corrected chi connectivity index (χ1v) is 6.76. The number of hydrogen-bond acceptors (Lipinski definition) is 0. The Labute approximate surface area is 131 Å². The summed E-state index contributed by atoms with van der Waals surface area (Å²) < 4.78 is 53.9. The Kier molecular flexibility index (Phi) is 3.95. The molecule has 0 atom stereocenters. The summed E-state index contributed by atoms with van der Waals surface area (Å²) in [7, 11) is 5.60. The lowest BCUT2D eigenvalue weighted by Gasteiger charge is -2.08. The number of rotatable bonds is 2. The standard InChI is InChI=1S/C18H9BF4/c19-13-4-1-10(2-5-13)11-3-6-14(15(20)7-11)12-8-16(21)18(23)17(22)9-12/h1-9H. The van der Waals surface area contributed by atoms with Crippen molar-refractivity contribution in [1.82, 2.24) is 0 Å². The topological polar surface area (TPSA) is 0 Å². The summed E-state index contributed by atoms with van der Waals surface area (Å²) in [4.78, 5) is 0. The van der Waals surface area contributed by atoms with Gasteiger partial charge in [0.15, 0.2) is 17.5 Å². The van der Waals surface area contributed by atoms with Gasteiger partial charge in [-0.15, -0.1) is 0 Å². The highest BCUT2D eigenvalue weighted by molar-refractivity contribution is 6.32. The van der Waals surface area contributed by atoms with Gasteiger partial charge < -0.3 is 0 Å². The normalized spacial score (nSPS) is 10.8. The molecular weight excluding hydrogens is 303 g/mol. The maximum atomic E-state index is 14.3. The van der Waals surface area contributed by atoms with E-state index in [1.165, 1.54) is 12.1 Å². The summed E-state index contributed by atoms with van der Waals surface area (Å²) >= 11 is 0. The Morgan fingerprint density at radius 1 is 0.565 bits per heavy atom. The van der Waals surface area contributed by atoms with Gasteiger partial charge in [-0.1, -0.05) is 41.9 Å². The molecule has 0 nitrogen and oxygen atoms in total. The van der Waals surface area contributed by atoms with Crippen molar-refractivity contribution in [2.75, 3.05) is 0 Å². The SMILES string of the molecule is [B]c1ccc(-c2ccc(-c3cc(F)c(F)c(F)c3)c(F)c2)cc1. The average molecular weight is 312 g/mol. The van der Waals surface area contributed by atoms with Gasteiger partial charge in [0.2, 0.25) is 0 Å². The lowest BCUT2D eigenvalue weighted by Crippen LogP contribution is -1.99. The van der Waals surface area contributed by atoms with Crippen LogP contribution in [-0.2, 0) is 0 Å². The molecule has 0 unspecified atom stereocenters. The van der Waals surface area contributed by atoms with E-state index in [0.717, 1.165) is 17.7 Å². The van der Waals surface area contributed by atoms with Gasteiger partial charge in [-0.2, -0.15) is 0 Å². The largest absolute Gasteiger partial charge is 0.206 e. The number of halogens is 4. The minimum atomic E-state index is -1.58. The van der Waals surface area contributed by atoms with Gasteiger partial charge in [0.1, 0.15) is 13.7 Å². The maximum Gasteiger partial charge on any atom is 0.194 e. The third-order valence-corrected chi connectivity index (χ3v) is 3.51. The third-order valence-electron chi connectivity index (χ3n) is 3.51. The summed E-state index contributed by atoms with van der Waals surface area (Å²) in [5.74, 6) is -4.96. The summed E-state index contributed by atoms with van der Waals surface area (Å²) in [5, 5.41) is 0. The van der Waals surface area contributed by atoms with E-state index in [-0.39, 0.29) is 11.1 Å². The van der Waals surface area contributed by atoms with Crippen molar-refractivity contribution in [2.24, 2.45) is 0 Å². The third kappa shape index (κ3) is 3.00. The van der Waals surface area contributed by atoms with E-state index in [2.05, 4.69) is 0 Å². The Hall–Kier alpha value is -2.56. The van der Waals surface area contributed by atoms with Crippen LogP contribution < -0.4 is 5.46 Å². The first kappa shape index (κ1) is 15.3. The Balaban J connectivity index is 2.04. The molecule has 0 saturated heterocycles. The van der Waals surface area contributed by atoms with Crippen LogP contribution in [0.2, 0.25) is 0 Å². The van der Waals surface area contributed by atoms with Gasteiger partial charge in [-0.3, -0.25) is 0 Å². The van der Waals surface area contributed by atoms with Crippen molar-refractivity contribution in [1.29, 1.82) is 0 Å². The second-order valence-corrected chi connectivity index (χ2v) is 5.07. The number of benzene rings is 3. The van der Waals surface area contributed by atoms with Crippen LogP contribution in [0.25, 0.3) is 22.3 Å². The monoisotopic (exact) mass is 312 g/mol. The minimum Gasteiger partial charge on any atom is -0.206 e. The molecule has 0 aliphatic heterocycles. The molecule has 23 heavy (non-hydrogen) atoms. The van der Waals surface area contributed by atoms with Crippen LogP contribution in [0.5, 0.6) is 0 Å². The summed E-state index contributed by atoms with van der Waals surface area (Å²) in [6.45, 7) is 0. The molecule has 0 aliphatic carbocycles. The zero-order valence-electron chi connectivity index (χ0n) is 11.8. The molecule has 112 valence electrons. The van der Waals surface area contributed by atoms with Gasteiger partial charge in [-0.05, 0) is 34.9 Å². The highest BCUT2D eigenvalue weighted by Gasteiger charge is 2.14. The maximum absolute atomic E-state index is 14.3. The molecule has 3 aromatic carbocycles. The second-order valence-electron chi connectivity index (χ2n) is 5.07. The fraction of sp³-hybridized carbons (Fsp3) is 0. The smallest absolute Gasteiger partial charge is 0.194 e. The van der Waals surface area contributed by atoms with Crippen molar-refractivity contribution in [2.45, 2.75) is 0 Å². The number of hydrogen-bond donors (Lipinski definition) is 0. The van der Waals surface area contributed by atoms with E-state index in [0.29, 0.717) is 11.0 Å². The molecule has 0 bridgehead atoms. The van der Waals surface area contributed by atoms with Crippen molar-refractivity contribution in [3.63, 3.8) is 0 Å². The van der Waals surface area contributed by atoms with Crippen molar-refractivity contribution in [3.8, 4) is 22.3 Å². The first-order valence-electron chi connectivity index (χ1n) is 6.76. The Bertz CT molecular complexity index is 850. The van der Waals surface area contributed by atoms with Crippen LogP contribution in [-0.4, -0.2) is 7.85 Å². The molecule has 5 heteroatoms. The molecule has 0 saturated carbocycles. The van der Waals surface area contributed by atoms with Crippen LogP contribution >= 0.6 is 0 Å². The fourth-order valence-electron chi connectivity index (χ4n) is 2.32. The molecule has 0 fully saturated rings. The molecule has 0 aliphatic rings. The zero-order valence-corrected chi connectivity index (χ0v) is 11.8. The summed E-state index contributed by atoms with van der Waals surface area (Å²) in [6, 6.07) is 12.6. The van der Waals surface area contributed by atoms with E-state index in [9.17, 15) is 17.6 Å². The van der Waals surface area contributed by atoms with Crippen LogP contribution in [0.1, 0.15) is 0 Å². The zero-order chi connectivity index (χ0) is 16.6. The van der Waals surface area contributed by atoms with E-state index < -0.39 is 23.3 Å². The van der Waals surface area contributed by atoms with Crippen molar-refractivity contribution >= 4 is 13.3 Å². The van der Waals surface area contributed by atoms with Gasteiger partial charge in [0, 0.05) is 5.56 Å². The van der Waals surface area contributed by atoms with E-state index in [1.54, 1.807) is 30.3 Å². The van der Waals surface area contributed by atoms with Gasteiger partial charge >= 0.3 is 0 Å². The molecule has 0 spiro atoms. The van der Waals surface area contributed by atoms with E-state index in [4.69, 9.17) is 7.85 Å². The van der Waals surface area contributed by atoms with Crippen molar-refractivity contribution < 1.29 is 17.6 Å². The molecule has 2 radical (unpaired) electrons. The lowest BCUT2D eigenvalue weighted by atomic mass is 9.93. The lowest BCUT2D eigenvalue weighted by molar-refractivity contribution is 0.447. The first-order chi connectivity index (χ1) is 11.0. The minimum absolute atomic E-state index is 0.0120. The van der Waals surface area contributed by atoms with E-state index >= 15 is 0 Å². The molecule has 0 amide bonds. The molecule has 0 aromatic heterocycles. The second kappa shape index (κ2) is 5.91. The van der Waals surface area contributed by atoms with Crippen LogP contribution in [0, 0.1) is 23.3 Å². The summed E-state index contributed by atoms with van der Waals surface area (Å²) in [5.41, 5.74) is 1.85. The predicted octanol–water partition coefficient (Wildman–Crippen LogP) is 4.37. The van der Waals surface area contributed by atoms with Crippen molar-refractivity contribution in [3.05, 3.63) is 77.9 Å². The van der Waals surface area contributed by atoms with Gasteiger partial charge in [0.25, 0.3) is 0 Å². The highest BCUT2D eigenvalue weighted by Crippen LogP contribution is 2.29. The van der Waals surface area contributed by atoms with E-state index in [1.807, 2.05) is 0 Å². The molecule has 3 aromatic rings. The Morgan fingerprint density at radius 3 is 1.65 bits per heavy atom.